The van der Waals surface area contributed by atoms with Gasteiger partial charge in [0.2, 0.25) is 0 Å². The van der Waals surface area contributed by atoms with Gasteiger partial charge in [0.25, 0.3) is 0 Å². The van der Waals surface area contributed by atoms with Gasteiger partial charge >= 0.3 is 6.18 Å². The predicted octanol–water partition coefficient (Wildman–Crippen LogP) is 3.89. The molecule has 0 saturated heterocycles. The molecule has 1 aliphatic carbocycles. The van der Waals surface area contributed by atoms with Crippen molar-refractivity contribution in [2.75, 3.05) is 0 Å². The van der Waals surface area contributed by atoms with E-state index < -0.39 is 11.7 Å². The molecular weight excluding hydrogens is 277 g/mol. The van der Waals surface area contributed by atoms with Crippen molar-refractivity contribution in [2.24, 2.45) is 5.73 Å². The highest BCUT2D eigenvalue weighted by Crippen LogP contribution is 2.31. The molecule has 3 rings (SSSR count). The van der Waals surface area contributed by atoms with Crippen molar-refractivity contribution >= 4 is 0 Å². The first-order valence-electron chi connectivity index (χ1n) is 7.05. The maximum atomic E-state index is 12.7. The van der Waals surface area contributed by atoms with Crippen molar-refractivity contribution in [3.63, 3.8) is 0 Å². The fourth-order valence-corrected chi connectivity index (χ4v) is 2.98. The summed E-state index contributed by atoms with van der Waals surface area (Å²) in [5, 5.41) is 0. The monoisotopic (exact) mass is 294 g/mol. The third-order valence-corrected chi connectivity index (χ3v) is 4.05. The van der Waals surface area contributed by atoms with Gasteiger partial charge in [-0.1, -0.05) is 12.1 Å². The van der Waals surface area contributed by atoms with Crippen LogP contribution in [0.15, 0.2) is 36.5 Å². The zero-order valence-electron chi connectivity index (χ0n) is 11.5. The minimum atomic E-state index is -4.30. The van der Waals surface area contributed by atoms with E-state index in [9.17, 15) is 13.2 Å². The Balaban J connectivity index is 1.88. The summed E-state index contributed by atoms with van der Waals surface area (Å²) in [4.78, 5) is 0. The van der Waals surface area contributed by atoms with E-state index >= 15 is 0 Å². The number of nitrogens with zero attached hydrogens (tertiary/aromatic N) is 1. The van der Waals surface area contributed by atoms with Gasteiger partial charge in [-0.2, -0.15) is 13.2 Å². The first-order chi connectivity index (χ1) is 9.95. The molecular formula is C16H17F3N2. The highest BCUT2D eigenvalue weighted by molar-refractivity contribution is 5.31. The minimum absolute atomic E-state index is 0.0523. The summed E-state index contributed by atoms with van der Waals surface area (Å²) in [7, 11) is 0. The van der Waals surface area contributed by atoms with Crippen molar-refractivity contribution < 1.29 is 13.2 Å². The van der Waals surface area contributed by atoms with Gasteiger partial charge in [0.1, 0.15) is 0 Å². The Labute approximate surface area is 121 Å². The Morgan fingerprint density at radius 3 is 2.81 bits per heavy atom. The fraction of sp³-hybridized carbons (Fsp3) is 0.375. The molecule has 21 heavy (non-hydrogen) atoms. The Kier molecular flexibility index (Phi) is 3.53. The van der Waals surface area contributed by atoms with Gasteiger partial charge in [0, 0.05) is 24.5 Å². The van der Waals surface area contributed by atoms with Gasteiger partial charge in [-0.15, -0.1) is 0 Å². The van der Waals surface area contributed by atoms with Crippen molar-refractivity contribution in [3.05, 3.63) is 58.9 Å². The van der Waals surface area contributed by atoms with Crippen LogP contribution in [0.2, 0.25) is 0 Å². The summed E-state index contributed by atoms with van der Waals surface area (Å²) in [6.07, 6.45) is 0.570. The topological polar surface area (TPSA) is 30.9 Å². The second-order valence-corrected chi connectivity index (χ2v) is 5.54. The lowest BCUT2D eigenvalue weighted by molar-refractivity contribution is -0.137. The summed E-state index contributed by atoms with van der Waals surface area (Å²) >= 11 is 0. The third kappa shape index (κ3) is 2.83. The number of hydrogen-bond acceptors (Lipinski definition) is 1. The van der Waals surface area contributed by atoms with E-state index in [-0.39, 0.29) is 6.04 Å². The van der Waals surface area contributed by atoms with Crippen LogP contribution >= 0.6 is 0 Å². The van der Waals surface area contributed by atoms with E-state index in [0.29, 0.717) is 12.1 Å². The number of aromatic nitrogens is 1. The van der Waals surface area contributed by atoms with E-state index in [4.69, 9.17) is 5.73 Å². The molecule has 1 aromatic heterocycles. The van der Waals surface area contributed by atoms with Crippen LogP contribution in [0.1, 0.15) is 41.3 Å². The lowest BCUT2D eigenvalue weighted by Gasteiger charge is -2.21. The molecule has 0 bridgehead atoms. The average Bonchev–Trinajstić information content (AvgIpc) is 2.83. The molecule has 0 radical (unpaired) electrons. The Hall–Kier alpha value is -1.75. The highest BCUT2D eigenvalue weighted by Gasteiger charge is 2.30. The van der Waals surface area contributed by atoms with Crippen LogP contribution in [0.3, 0.4) is 0 Å². The van der Waals surface area contributed by atoms with E-state index in [0.717, 1.165) is 36.6 Å². The summed E-state index contributed by atoms with van der Waals surface area (Å²) in [5.41, 5.74) is 8.42. The normalized spacial score (nSPS) is 18.6. The molecule has 0 saturated carbocycles. The van der Waals surface area contributed by atoms with E-state index in [1.165, 1.54) is 12.1 Å². The maximum Gasteiger partial charge on any atom is 0.416 e. The lowest BCUT2D eigenvalue weighted by atomic mass is 9.93. The molecule has 1 atom stereocenters. The van der Waals surface area contributed by atoms with E-state index in [1.807, 2.05) is 16.8 Å². The number of halogens is 3. The average molecular weight is 294 g/mol. The number of hydrogen-bond donors (Lipinski definition) is 1. The molecule has 0 spiro atoms. The highest BCUT2D eigenvalue weighted by atomic mass is 19.4. The zero-order chi connectivity index (χ0) is 15.0. The van der Waals surface area contributed by atoms with Crippen LogP contribution < -0.4 is 5.73 Å². The Bertz CT molecular complexity index is 643. The second kappa shape index (κ2) is 5.22. The number of alkyl halides is 3. The van der Waals surface area contributed by atoms with Crippen molar-refractivity contribution in [2.45, 2.75) is 38.0 Å². The van der Waals surface area contributed by atoms with Crippen molar-refractivity contribution in [3.8, 4) is 0 Å². The number of benzene rings is 1. The molecule has 0 fully saturated rings. The molecule has 0 aliphatic heterocycles. The quantitative estimate of drug-likeness (QED) is 0.895. The molecule has 0 amide bonds. The molecule has 5 heteroatoms. The molecule has 112 valence electrons. The van der Waals surface area contributed by atoms with Gasteiger partial charge in [-0.05, 0) is 48.6 Å². The molecule has 1 unspecified atom stereocenters. The number of nitrogens with two attached hydrogens (primary N) is 1. The first kappa shape index (κ1) is 14.2. The maximum absolute atomic E-state index is 12.7. The van der Waals surface area contributed by atoms with Gasteiger partial charge in [0.05, 0.1) is 5.56 Å². The SMILES string of the molecule is NC1CCCc2c1ccn2Cc1cccc(C(F)(F)F)c1. The van der Waals surface area contributed by atoms with E-state index in [2.05, 4.69) is 0 Å². The minimum Gasteiger partial charge on any atom is -0.347 e. The fourth-order valence-electron chi connectivity index (χ4n) is 2.98. The third-order valence-electron chi connectivity index (χ3n) is 4.05. The molecule has 2 aromatic rings. The lowest BCUT2D eigenvalue weighted by Crippen LogP contribution is -2.18. The van der Waals surface area contributed by atoms with Crippen molar-refractivity contribution in [1.82, 2.24) is 4.57 Å². The Morgan fingerprint density at radius 2 is 2.05 bits per heavy atom. The standard InChI is InChI=1S/C16H17F3N2/c17-16(18,19)12-4-1-3-11(9-12)10-21-8-7-13-14(20)5-2-6-15(13)21/h1,3-4,7-9,14H,2,5-6,10,20H2. The summed E-state index contributed by atoms with van der Waals surface area (Å²) in [6, 6.07) is 7.55. The molecule has 2 nitrogen and oxygen atoms in total. The van der Waals surface area contributed by atoms with Crippen LogP contribution in [-0.4, -0.2) is 4.57 Å². The molecule has 1 aromatic carbocycles. The smallest absolute Gasteiger partial charge is 0.347 e. The van der Waals surface area contributed by atoms with E-state index in [1.54, 1.807) is 6.07 Å². The first-order valence-corrected chi connectivity index (χ1v) is 7.05. The summed E-state index contributed by atoms with van der Waals surface area (Å²) in [6.45, 7) is 0.450. The van der Waals surface area contributed by atoms with Crippen LogP contribution in [-0.2, 0) is 19.1 Å². The van der Waals surface area contributed by atoms with Crippen LogP contribution in [0.5, 0.6) is 0 Å². The van der Waals surface area contributed by atoms with Gasteiger partial charge in [-0.3, -0.25) is 0 Å². The Morgan fingerprint density at radius 1 is 1.24 bits per heavy atom. The van der Waals surface area contributed by atoms with Gasteiger partial charge < -0.3 is 10.3 Å². The summed E-state index contributed by atoms with van der Waals surface area (Å²) in [5.74, 6) is 0. The van der Waals surface area contributed by atoms with Crippen LogP contribution in [0.25, 0.3) is 0 Å². The summed E-state index contributed by atoms with van der Waals surface area (Å²) < 4.78 is 40.3. The van der Waals surface area contributed by atoms with Gasteiger partial charge in [0.15, 0.2) is 0 Å². The molecule has 1 heterocycles. The van der Waals surface area contributed by atoms with Crippen molar-refractivity contribution in [1.29, 1.82) is 0 Å². The van der Waals surface area contributed by atoms with Gasteiger partial charge in [-0.25, -0.2) is 0 Å². The molecule has 1 aliphatic rings. The number of rotatable bonds is 2. The predicted molar refractivity (Wildman–Crippen MR) is 74.8 cm³/mol. The zero-order valence-corrected chi connectivity index (χ0v) is 11.5. The largest absolute Gasteiger partial charge is 0.416 e. The van der Waals surface area contributed by atoms with Crippen LogP contribution in [0, 0.1) is 0 Å². The second-order valence-electron chi connectivity index (χ2n) is 5.54. The number of fused-ring (bicyclic) bond motifs is 1. The van der Waals surface area contributed by atoms with Crippen LogP contribution in [0.4, 0.5) is 13.2 Å². The molecule has 2 N–H and O–H groups in total.